The zero-order valence-corrected chi connectivity index (χ0v) is 10.3. The summed E-state index contributed by atoms with van der Waals surface area (Å²) in [6.07, 6.45) is 2.78. The van der Waals surface area contributed by atoms with Gasteiger partial charge in [0.1, 0.15) is 0 Å². The van der Waals surface area contributed by atoms with Crippen LogP contribution in [0.1, 0.15) is 32.6 Å². The Balaban J connectivity index is 2.28. The molecule has 5 heteroatoms. The Kier molecular flexibility index (Phi) is 5.97. The lowest BCUT2D eigenvalue weighted by Crippen LogP contribution is -2.36. The molecule has 0 heterocycles. The van der Waals surface area contributed by atoms with E-state index in [1.54, 1.807) is 0 Å². The Labute approximate surface area is 102 Å². The SMILES string of the molecule is CCOCCNC(=O)C1CCCC(C(=O)O)C1. The lowest BCUT2D eigenvalue weighted by molar-refractivity contribution is -0.144. The van der Waals surface area contributed by atoms with Crippen LogP contribution in [0.5, 0.6) is 0 Å². The van der Waals surface area contributed by atoms with Crippen LogP contribution >= 0.6 is 0 Å². The summed E-state index contributed by atoms with van der Waals surface area (Å²) in [6, 6.07) is 0. The van der Waals surface area contributed by atoms with Gasteiger partial charge in [0.25, 0.3) is 0 Å². The van der Waals surface area contributed by atoms with Crippen molar-refractivity contribution in [2.45, 2.75) is 32.6 Å². The molecule has 0 radical (unpaired) electrons. The second kappa shape index (κ2) is 7.27. The molecule has 0 aromatic rings. The van der Waals surface area contributed by atoms with Crippen molar-refractivity contribution >= 4 is 11.9 Å². The van der Waals surface area contributed by atoms with Crippen molar-refractivity contribution in [3.63, 3.8) is 0 Å². The molecule has 1 amide bonds. The van der Waals surface area contributed by atoms with Crippen LogP contribution in [0.4, 0.5) is 0 Å². The minimum Gasteiger partial charge on any atom is -0.481 e. The number of ether oxygens (including phenoxy) is 1. The molecule has 2 N–H and O–H groups in total. The van der Waals surface area contributed by atoms with Crippen LogP contribution in [0, 0.1) is 11.8 Å². The third-order valence-corrected chi connectivity index (χ3v) is 3.14. The number of hydrogen-bond acceptors (Lipinski definition) is 3. The fourth-order valence-electron chi connectivity index (χ4n) is 2.19. The van der Waals surface area contributed by atoms with Gasteiger partial charge in [-0.25, -0.2) is 0 Å². The van der Waals surface area contributed by atoms with Gasteiger partial charge in [-0.3, -0.25) is 9.59 Å². The van der Waals surface area contributed by atoms with Crippen LogP contribution in [-0.2, 0) is 14.3 Å². The molecule has 0 aliphatic heterocycles. The molecule has 0 spiro atoms. The second-order valence-corrected chi connectivity index (χ2v) is 4.39. The van der Waals surface area contributed by atoms with E-state index in [-0.39, 0.29) is 17.7 Å². The van der Waals surface area contributed by atoms with Gasteiger partial charge in [-0.2, -0.15) is 0 Å². The van der Waals surface area contributed by atoms with E-state index < -0.39 is 5.97 Å². The maximum absolute atomic E-state index is 11.8. The van der Waals surface area contributed by atoms with Gasteiger partial charge in [0.05, 0.1) is 12.5 Å². The van der Waals surface area contributed by atoms with Gasteiger partial charge in [0.2, 0.25) is 5.91 Å². The predicted molar refractivity (Wildman–Crippen MR) is 62.6 cm³/mol. The van der Waals surface area contributed by atoms with Crippen LogP contribution in [0.15, 0.2) is 0 Å². The average molecular weight is 243 g/mol. The molecule has 2 atom stereocenters. The Hall–Kier alpha value is -1.10. The molecule has 98 valence electrons. The Bertz CT molecular complexity index is 267. The first-order valence-corrected chi connectivity index (χ1v) is 6.23. The van der Waals surface area contributed by atoms with Crippen LogP contribution in [0.2, 0.25) is 0 Å². The largest absolute Gasteiger partial charge is 0.481 e. The Morgan fingerprint density at radius 1 is 1.35 bits per heavy atom. The highest BCUT2D eigenvalue weighted by molar-refractivity contribution is 5.80. The maximum Gasteiger partial charge on any atom is 0.306 e. The zero-order valence-electron chi connectivity index (χ0n) is 10.3. The molecule has 1 saturated carbocycles. The number of carboxylic acid groups (broad SMARTS) is 1. The normalized spacial score (nSPS) is 24.3. The molecule has 1 rings (SSSR count). The van der Waals surface area contributed by atoms with Crippen LogP contribution in [0.3, 0.4) is 0 Å². The number of amides is 1. The van der Waals surface area contributed by atoms with Crippen LogP contribution in [0.25, 0.3) is 0 Å². The third kappa shape index (κ3) is 4.73. The molecule has 1 aliphatic rings. The fraction of sp³-hybridized carbons (Fsp3) is 0.833. The van der Waals surface area contributed by atoms with Gasteiger partial charge in [-0.05, 0) is 26.2 Å². The maximum atomic E-state index is 11.8. The summed E-state index contributed by atoms with van der Waals surface area (Å²) < 4.78 is 5.12. The summed E-state index contributed by atoms with van der Waals surface area (Å²) in [6.45, 7) is 3.55. The van der Waals surface area contributed by atoms with Crippen LogP contribution in [-0.4, -0.2) is 36.7 Å². The first kappa shape index (κ1) is 14.0. The van der Waals surface area contributed by atoms with Gasteiger partial charge in [-0.1, -0.05) is 6.42 Å². The van der Waals surface area contributed by atoms with Crippen molar-refractivity contribution in [2.24, 2.45) is 11.8 Å². The summed E-state index contributed by atoms with van der Waals surface area (Å²) in [5.41, 5.74) is 0. The number of carbonyl (C=O) groups is 2. The van der Waals surface area contributed by atoms with Crippen LogP contribution < -0.4 is 5.32 Å². The fourth-order valence-corrected chi connectivity index (χ4v) is 2.19. The molecule has 0 bridgehead atoms. The lowest BCUT2D eigenvalue weighted by atomic mass is 9.81. The average Bonchev–Trinajstić information content (AvgIpc) is 2.34. The number of aliphatic carboxylic acids is 1. The Morgan fingerprint density at radius 2 is 2.06 bits per heavy atom. The van der Waals surface area contributed by atoms with E-state index in [0.717, 1.165) is 12.8 Å². The summed E-state index contributed by atoms with van der Waals surface area (Å²) in [5, 5.41) is 11.7. The number of nitrogens with one attached hydrogen (secondary N) is 1. The number of hydrogen-bond donors (Lipinski definition) is 2. The molecule has 1 aliphatic carbocycles. The molecule has 1 fully saturated rings. The van der Waals surface area contributed by atoms with E-state index in [1.807, 2.05) is 6.92 Å². The number of carboxylic acids is 1. The van der Waals surface area contributed by atoms with Gasteiger partial charge in [-0.15, -0.1) is 0 Å². The highest BCUT2D eigenvalue weighted by Crippen LogP contribution is 2.29. The summed E-state index contributed by atoms with van der Waals surface area (Å²) in [5.74, 6) is -1.31. The van der Waals surface area contributed by atoms with E-state index in [0.29, 0.717) is 32.6 Å². The van der Waals surface area contributed by atoms with Crippen molar-refractivity contribution < 1.29 is 19.4 Å². The van der Waals surface area contributed by atoms with Gasteiger partial charge in [0, 0.05) is 19.1 Å². The zero-order chi connectivity index (χ0) is 12.7. The molecule has 2 unspecified atom stereocenters. The van der Waals surface area contributed by atoms with E-state index in [2.05, 4.69) is 5.32 Å². The van der Waals surface area contributed by atoms with Crippen molar-refractivity contribution in [1.29, 1.82) is 0 Å². The summed E-state index contributed by atoms with van der Waals surface area (Å²) in [4.78, 5) is 22.6. The van der Waals surface area contributed by atoms with Gasteiger partial charge >= 0.3 is 5.97 Å². The minimum atomic E-state index is -0.781. The van der Waals surface area contributed by atoms with E-state index >= 15 is 0 Å². The summed E-state index contributed by atoms with van der Waals surface area (Å²) in [7, 11) is 0. The molecular formula is C12H21NO4. The summed E-state index contributed by atoms with van der Waals surface area (Å²) >= 11 is 0. The van der Waals surface area contributed by atoms with Crippen molar-refractivity contribution in [3.05, 3.63) is 0 Å². The first-order chi connectivity index (χ1) is 8.15. The highest BCUT2D eigenvalue weighted by Gasteiger charge is 2.30. The quantitative estimate of drug-likeness (QED) is 0.683. The third-order valence-electron chi connectivity index (χ3n) is 3.14. The smallest absolute Gasteiger partial charge is 0.306 e. The van der Waals surface area contributed by atoms with Crippen molar-refractivity contribution in [3.8, 4) is 0 Å². The number of rotatable bonds is 6. The molecule has 17 heavy (non-hydrogen) atoms. The van der Waals surface area contributed by atoms with Crippen molar-refractivity contribution in [1.82, 2.24) is 5.32 Å². The Morgan fingerprint density at radius 3 is 2.71 bits per heavy atom. The van der Waals surface area contributed by atoms with Gasteiger partial charge < -0.3 is 15.2 Å². The topological polar surface area (TPSA) is 75.6 Å². The standard InChI is InChI=1S/C12H21NO4/c1-2-17-7-6-13-11(14)9-4-3-5-10(8-9)12(15)16/h9-10H,2-8H2,1H3,(H,13,14)(H,15,16). The number of carbonyl (C=O) groups excluding carboxylic acids is 1. The lowest BCUT2D eigenvalue weighted by Gasteiger charge is -2.25. The monoisotopic (exact) mass is 243 g/mol. The molecule has 5 nitrogen and oxygen atoms in total. The van der Waals surface area contributed by atoms with E-state index in [1.165, 1.54) is 0 Å². The highest BCUT2D eigenvalue weighted by atomic mass is 16.5. The first-order valence-electron chi connectivity index (χ1n) is 6.23. The van der Waals surface area contributed by atoms with E-state index in [9.17, 15) is 9.59 Å². The molecular weight excluding hydrogens is 222 g/mol. The van der Waals surface area contributed by atoms with E-state index in [4.69, 9.17) is 9.84 Å². The van der Waals surface area contributed by atoms with Crippen molar-refractivity contribution in [2.75, 3.05) is 19.8 Å². The van der Waals surface area contributed by atoms with Gasteiger partial charge in [0.15, 0.2) is 0 Å². The predicted octanol–water partition coefficient (Wildman–Crippen LogP) is 1.03. The second-order valence-electron chi connectivity index (χ2n) is 4.39. The molecule has 0 saturated heterocycles. The molecule has 0 aromatic heterocycles. The minimum absolute atomic E-state index is 0.0318. The molecule has 0 aromatic carbocycles.